The highest BCUT2D eigenvalue weighted by atomic mass is 16.7. The van der Waals surface area contributed by atoms with Crippen LogP contribution in [0.25, 0.3) is 10.9 Å². The predicted molar refractivity (Wildman–Crippen MR) is 81.6 cm³/mol. The molecule has 0 saturated carbocycles. The second-order valence-electron chi connectivity index (χ2n) is 5.31. The molecule has 124 valence electrons. The Labute approximate surface area is 136 Å². The van der Waals surface area contributed by atoms with Crippen molar-refractivity contribution in [1.29, 1.82) is 0 Å². The number of hydroxylamine groups is 1. The normalized spacial score (nSPS) is 14.3. The highest BCUT2D eigenvalue weighted by Crippen LogP contribution is 2.24. The van der Waals surface area contributed by atoms with Gasteiger partial charge >= 0.3 is 6.09 Å². The van der Waals surface area contributed by atoms with Crippen LogP contribution < -0.4 is 10.5 Å². The summed E-state index contributed by atoms with van der Waals surface area (Å²) in [6.45, 7) is 1.78. The lowest BCUT2D eigenvalue weighted by Crippen LogP contribution is -2.48. The van der Waals surface area contributed by atoms with Gasteiger partial charge in [0.15, 0.2) is 0 Å². The Kier molecular flexibility index (Phi) is 3.78. The minimum Gasteiger partial charge on any atom is -0.399 e. The number of hydrogen-bond donors (Lipinski definition) is 2. The predicted octanol–water partition coefficient (Wildman–Crippen LogP) is 1.38. The Bertz CT molecular complexity index is 850. The summed E-state index contributed by atoms with van der Waals surface area (Å²) in [7, 11) is 0. The van der Waals surface area contributed by atoms with Crippen LogP contribution in [0.2, 0.25) is 0 Å². The van der Waals surface area contributed by atoms with Gasteiger partial charge in [-0.15, -0.1) is 0 Å². The molecule has 1 aliphatic heterocycles. The van der Waals surface area contributed by atoms with Crippen LogP contribution in [0.15, 0.2) is 24.3 Å². The third-order valence-electron chi connectivity index (χ3n) is 3.59. The highest BCUT2D eigenvalue weighted by molar-refractivity contribution is 6.02. The first kappa shape index (κ1) is 15.7. The van der Waals surface area contributed by atoms with Gasteiger partial charge in [-0.1, -0.05) is 5.17 Å². The lowest BCUT2D eigenvalue weighted by Gasteiger charge is -2.21. The van der Waals surface area contributed by atoms with E-state index in [4.69, 9.17) is 10.5 Å². The van der Waals surface area contributed by atoms with Gasteiger partial charge in [-0.2, -0.15) is 5.01 Å². The SMILES string of the molecule is Cc1cc(OC(=O)N(O)N2C(=O)CCC2=O)nc2ccc(N)cc12. The van der Waals surface area contributed by atoms with Gasteiger partial charge in [0.2, 0.25) is 5.88 Å². The smallest absolute Gasteiger partial charge is 0.399 e. The van der Waals surface area contributed by atoms with E-state index in [2.05, 4.69) is 4.98 Å². The number of hydrogen-bond acceptors (Lipinski definition) is 7. The zero-order chi connectivity index (χ0) is 17.4. The Morgan fingerprint density at radius 2 is 1.96 bits per heavy atom. The van der Waals surface area contributed by atoms with Gasteiger partial charge in [0.05, 0.1) is 5.52 Å². The van der Waals surface area contributed by atoms with Crippen molar-refractivity contribution in [3.8, 4) is 5.88 Å². The zero-order valence-corrected chi connectivity index (χ0v) is 12.7. The number of nitrogens with two attached hydrogens (primary N) is 1. The molecule has 2 heterocycles. The van der Waals surface area contributed by atoms with Crippen molar-refractivity contribution in [2.24, 2.45) is 0 Å². The number of fused-ring (bicyclic) bond motifs is 1. The fraction of sp³-hybridized carbons (Fsp3) is 0.200. The number of aromatic nitrogens is 1. The topological polar surface area (TPSA) is 126 Å². The molecule has 24 heavy (non-hydrogen) atoms. The summed E-state index contributed by atoms with van der Waals surface area (Å²) in [6, 6.07) is 6.55. The van der Waals surface area contributed by atoms with Crippen molar-refractivity contribution >= 4 is 34.5 Å². The number of ether oxygens (including phenoxy) is 1. The van der Waals surface area contributed by atoms with Gasteiger partial charge in [0, 0.05) is 30.0 Å². The molecule has 1 fully saturated rings. The van der Waals surface area contributed by atoms with Crippen molar-refractivity contribution in [3.05, 3.63) is 29.8 Å². The maximum atomic E-state index is 11.9. The largest absolute Gasteiger partial charge is 0.461 e. The fourth-order valence-corrected chi connectivity index (χ4v) is 2.42. The molecule has 1 aromatic carbocycles. The summed E-state index contributed by atoms with van der Waals surface area (Å²) in [6.07, 6.45) is -1.45. The summed E-state index contributed by atoms with van der Waals surface area (Å²) in [5.41, 5.74) is 7.60. The molecule has 1 aromatic heterocycles. The molecule has 0 spiro atoms. The van der Waals surface area contributed by atoms with Crippen molar-refractivity contribution in [1.82, 2.24) is 15.2 Å². The van der Waals surface area contributed by atoms with Crippen LogP contribution in [-0.2, 0) is 9.59 Å². The molecule has 0 atom stereocenters. The van der Waals surface area contributed by atoms with Crippen molar-refractivity contribution in [2.75, 3.05) is 5.73 Å². The number of amides is 3. The van der Waals surface area contributed by atoms with E-state index in [0.717, 1.165) is 10.9 Å². The molecule has 1 aliphatic rings. The molecule has 3 N–H and O–H groups in total. The molecule has 0 radical (unpaired) electrons. The van der Waals surface area contributed by atoms with Gasteiger partial charge in [-0.05, 0) is 30.7 Å². The van der Waals surface area contributed by atoms with Crippen LogP contribution in [-0.4, -0.2) is 38.3 Å². The minimum atomic E-state index is -1.31. The van der Waals surface area contributed by atoms with E-state index >= 15 is 0 Å². The van der Waals surface area contributed by atoms with Crippen LogP contribution >= 0.6 is 0 Å². The fourth-order valence-electron chi connectivity index (χ4n) is 2.42. The van der Waals surface area contributed by atoms with Crippen LogP contribution in [0.4, 0.5) is 10.5 Å². The Morgan fingerprint density at radius 3 is 2.62 bits per heavy atom. The lowest BCUT2D eigenvalue weighted by atomic mass is 10.1. The monoisotopic (exact) mass is 330 g/mol. The van der Waals surface area contributed by atoms with Gasteiger partial charge in [-0.25, -0.2) is 9.78 Å². The number of benzene rings is 1. The first-order valence-corrected chi connectivity index (χ1v) is 7.10. The highest BCUT2D eigenvalue weighted by Gasteiger charge is 2.37. The minimum absolute atomic E-state index is 0.0715. The standard InChI is InChI=1S/C15H14N4O5/c1-8-6-12(17-11-3-2-9(16)7-10(8)11)24-15(22)19(23)18-13(20)4-5-14(18)21/h2-3,6-7,23H,4-5,16H2,1H3. The average Bonchev–Trinajstić information content (AvgIpc) is 2.86. The van der Waals surface area contributed by atoms with Gasteiger partial charge < -0.3 is 10.5 Å². The van der Waals surface area contributed by atoms with Crippen molar-refractivity contribution in [2.45, 2.75) is 19.8 Å². The molecular formula is C15H14N4O5. The van der Waals surface area contributed by atoms with Crippen molar-refractivity contribution < 1.29 is 24.3 Å². The summed E-state index contributed by atoms with van der Waals surface area (Å²) >= 11 is 0. The van der Waals surface area contributed by atoms with Crippen LogP contribution in [0.1, 0.15) is 18.4 Å². The third-order valence-corrected chi connectivity index (χ3v) is 3.59. The maximum absolute atomic E-state index is 11.9. The molecule has 0 unspecified atom stereocenters. The number of nitrogens with zero attached hydrogens (tertiary/aromatic N) is 3. The molecule has 3 amide bonds. The molecular weight excluding hydrogens is 316 g/mol. The average molecular weight is 330 g/mol. The van der Waals surface area contributed by atoms with Gasteiger partial charge in [0.25, 0.3) is 11.8 Å². The molecule has 9 heteroatoms. The molecule has 1 saturated heterocycles. The zero-order valence-electron chi connectivity index (χ0n) is 12.7. The third kappa shape index (κ3) is 2.72. The second-order valence-corrected chi connectivity index (χ2v) is 5.31. The Morgan fingerprint density at radius 1 is 1.29 bits per heavy atom. The molecule has 0 aliphatic carbocycles. The first-order chi connectivity index (χ1) is 11.4. The van der Waals surface area contributed by atoms with Gasteiger partial charge in [0.1, 0.15) is 0 Å². The number of carbonyl (C=O) groups excluding carboxylic acids is 3. The van der Waals surface area contributed by atoms with Gasteiger partial charge in [-0.3, -0.25) is 14.8 Å². The molecule has 3 rings (SSSR count). The van der Waals surface area contributed by atoms with E-state index in [9.17, 15) is 19.6 Å². The van der Waals surface area contributed by atoms with E-state index in [1.807, 2.05) is 0 Å². The Hall–Kier alpha value is -3.20. The van der Waals surface area contributed by atoms with Crippen LogP contribution in [0.3, 0.4) is 0 Å². The second kappa shape index (κ2) is 5.78. The quantitative estimate of drug-likeness (QED) is 0.368. The van der Waals surface area contributed by atoms with Crippen molar-refractivity contribution in [3.63, 3.8) is 0 Å². The van der Waals surface area contributed by atoms with E-state index in [1.165, 1.54) is 6.07 Å². The summed E-state index contributed by atoms with van der Waals surface area (Å²) in [4.78, 5) is 39.1. The summed E-state index contributed by atoms with van der Waals surface area (Å²) in [5, 5.41) is 10.7. The van der Waals surface area contributed by atoms with E-state index in [0.29, 0.717) is 16.2 Å². The molecule has 2 aromatic rings. The van der Waals surface area contributed by atoms with E-state index in [1.54, 1.807) is 25.1 Å². The lowest BCUT2D eigenvalue weighted by molar-refractivity contribution is -0.207. The van der Waals surface area contributed by atoms with Crippen LogP contribution in [0.5, 0.6) is 5.88 Å². The number of nitrogen functional groups attached to an aromatic ring is 1. The summed E-state index contributed by atoms with van der Waals surface area (Å²) in [5.74, 6) is -1.44. The number of carbonyl (C=O) groups is 3. The van der Waals surface area contributed by atoms with E-state index in [-0.39, 0.29) is 23.9 Å². The number of hydrazine groups is 1. The first-order valence-electron chi connectivity index (χ1n) is 7.10. The van der Waals surface area contributed by atoms with E-state index < -0.39 is 17.9 Å². The molecule has 9 nitrogen and oxygen atoms in total. The maximum Gasteiger partial charge on any atom is 0.461 e. The molecule has 0 bridgehead atoms. The number of anilines is 1. The number of rotatable bonds is 2. The Balaban J connectivity index is 1.84. The number of aryl methyl sites for hydroxylation is 1. The number of pyridine rings is 1. The summed E-state index contributed by atoms with van der Waals surface area (Å²) < 4.78 is 4.95. The van der Waals surface area contributed by atoms with Crippen LogP contribution in [0, 0.1) is 6.92 Å². The number of imide groups is 1.